The molecule has 0 aliphatic carbocycles. The third kappa shape index (κ3) is 6.81. The first kappa shape index (κ1) is 16.8. The summed E-state index contributed by atoms with van der Waals surface area (Å²) in [5, 5.41) is 0. The van der Waals surface area contributed by atoms with Crippen molar-refractivity contribution in [2.24, 2.45) is 5.73 Å². The van der Waals surface area contributed by atoms with Gasteiger partial charge in [0.1, 0.15) is 12.4 Å². The monoisotopic (exact) mass is 284 g/mol. The van der Waals surface area contributed by atoms with Gasteiger partial charge in [0.25, 0.3) is 0 Å². The maximum Gasteiger partial charge on any atom is 0.127 e. The van der Waals surface area contributed by atoms with Gasteiger partial charge in [-0.15, -0.1) is 0 Å². The van der Waals surface area contributed by atoms with E-state index in [9.17, 15) is 0 Å². The molecule has 0 amide bonds. The molecule has 0 bridgehead atoms. The van der Waals surface area contributed by atoms with Crippen LogP contribution in [0.5, 0.6) is 5.75 Å². The van der Waals surface area contributed by atoms with Gasteiger partial charge in [0.15, 0.2) is 0 Å². The smallest absolute Gasteiger partial charge is 0.127 e. The molecule has 2 N–H and O–H groups in total. The van der Waals surface area contributed by atoms with Crippen LogP contribution in [0.4, 0.5) is 0 Å². The normalized spacial score (nSPS) is 10.8. The maximum absolute atomic E-state index is 5.65. The molecule has 1 rings (SSSR count). The minimum absolute atomic E-state index is 0.414. The first-order valence-corrected chi connectivity index (χ1v) is 6.70. The average Bonchev–Trinajstić information content (AvgIpc) is 2.46. The van der Waals surface area contributed by atoms with Crippen LogP contribution in [0, 0.1) is 6.92 Å². The van der Waals surface area contributed by atoms with E-state index in [-0.39, 0.29) is 0 Å². The van der Waals surface area contributed by atoms with E-state index in [4.69, 9.17) is 24.7 Å². The first-order chi connectivity index (χ1) is 9.77. The molecule has 6 heteroatoms. The zero-order valence-electron chi connectivity index (χ0n) is 12.3. The molecule has 20 heavy (non-hydrogen) atoms. The van der Waals surface area contributed by atoms with E-state index in [1.807, 2.05) is 13.0 Å². The Bertz CT molecular complexity index is 374. The molecule has 0 atom stereocenters. The summed E-state index contributed by atoms with van der Waals surface area (Å²) in [6.07, 6.45) is 1.75. The lowest BCUT2D eigenvalue weighted by Crippen LogP contribution is -2.13. The second-order valence-corrected chi connectivity index (χ2v) is 4.20. The van der Waals surface area contributed by atoms with Crippen LogP contribution < -0.4 is 10.5 Å². The number of ether oxygens (including phenoxy) is 4. The van der Waals surface area contributed by atoms with Crippen molar-refractivity contribution in [3.8, 4) is 5.75 Å². The Morgan fingerprint density at radius 2 is 1.70 bits per heavy atom. The Morgan fingerprint density at radius 1 is 1.05 bits per heavy atom. The molecule has 0 unspecified atom stereocenters. The number of nitrogens with two attached hydrogens (primary N) is 1. The van der Waals surface area contributed by atoms with Gasteiger partial charge in [-0.3, -0.25) is 4.98 Å². The lowest BCUT2D eigenvalue weighted by atomic mass is 10.2. The van der Waals surface area contributed by atoms with Gasteiger partial charge in [-0.2, -0.15) is 0 Å². The lowest BCUT2D eigenvalue weighted by Gasteiger charge is -2.11. The van der Waals surface area contributed by atoms with E-state index in [0.29, 0.717) is 46.2 Å². The molecule has 0 aliphatic rings. The minimum atomic E-state index is 0.414. The molecule has 6 nitrogen and oxygen atoms in total. The summed E-state index contributed by atoms with van der Waals surface area (Å²) in [4.78, 5) is 4.19. The van der Waals surface area contributed by atoms with Crippen LogP contribution in [-0.2, 0) is 20.8 Å². The molecule has 0 aromatic carbocycles. The minimum Gasteiger partial charge on any atom is -0.491 e. The molecule has 0 spiro atoms. The van der Waals surface area contributed by atoms with Crippen molar-refractivity contribution >= 4 is 0 Å². The van der Waals surface area contributed by atoms with E-state index >= 15 is 0 Å². The standard InChI is InChI=1S/C14H24N2O4/c1-12-9-14(13(10-15)11-16-12)20-8-7-19-6-5-18-4-3-17-2/h9,11H,3-8,10,15H2,1-2H3. The molecule has 0 fully saturated rings. The highest BCUT2D eigenvalue weighted by Crippen LogP contribution is 2.17. The van der Waals surface area contributed by atoms with Crippen molar-refractivity contribution in [3.63, 3.8) is 0 Å². The average molecular weight is 284 g/mol. The third-order valence-electron chi connectivity index (χ3n) is 2.59. The number of hydrogen-bond acceptors (Lipinski definition) is 6. The highest BCUT2D eigenvalue weighted by molar-refractivity contribution is 5.32. The Balaban J connectivity index is 2.10. The molecule has 1 aromatic heterocycles. The maximum atomic E-state index is 5.65. The van der Waals surface area contributed by atoms with Crippen molar-refractivity contribution in [3.05, 3.63) is 23.5 Å². The topological polar surface area (TPSA) is 75.8 Å². The van der Waals surface area contributed by atoms with Crippen LogP contribution in [0.2, 0.25) is 0 Å². The summed E-state index contributed by atoms with van der Waals surface area (Å²) in [5.74, 6) is 0.778. The van der Waals surface area contributed by atoms with Crippen LogP contribution in [0.1, 0.15) is 11.3 Å². The van der Waals surface area contributed by atoms with Crippen LogP contribution in [0.3, 0.4) is 0 Å². The Kier molecular flexibility index (Phi) is 8.90. The van der Waals surface area contributed by atoms with Gasteiger partial charge < -0.3 is 24.7 Å². The number of hydrogen-bond donors (Lipinski definition) is 1. The fourth-order valence-corrected chi connectivity index (χ4v) is 1.53. The summed E-state index contributed by atoms with van der Waals surface area (Å²) in [6.45, 7) is 5.63. The van der Waals surface area contributed by atoms with E-state index in [2.05, 4.69) is 4.98 Å². The molecule has 1 aromatic rings. The Hall–Kier alpha value is -1.21. The van der Waals surface area contributed by atoms with Gasteiger partial charge in [0.2, 0.25) is 0 Å². The summed E-state index contributed by atoms with van der Waals surface area (Å²) < 4.78 is 21.2. The third-order valence-corrected chi connectivity index (χ3v) is 2.59. The predicted molar refractivity (Wildman–Crippen MR) is 75.9 cm³/mol. The molecule has 0 saturated heterocycles. The molecule has 0 aliphatic heterocycles. The number of methoxy groups -OCH3 is 1. The van der Waals surface area contributed by atoms with Gasteiger partial charge >= 0.3 is 0 Å². The van der Waals surface area contributed by atoms with Crippen LogP contribution >= 0.6 is 0 Å². The second kappa shape index (κ2) is 10.6. The van der Waals surface area contributed by atoms with Gasteiger partial charge in [0.05, 0.1) is 33.0 Å². The summed E-state index contributed by atoms with van der Waals surface area (Å²) >= 11 is 0. The van der Waals surface area contributed by atoms with E-state index < -0.39 is 0 Å². The zero-order chi connectivity index (χ0) is 14.6. The fraction of sp³-hybridized carbons (Fsp3) is 0.643. The van der Waals surface area contributed by atoms with Crippen molar-refractivity contribution in [2.75, 3.05) is 46.8 Å². The summed E-state index contributed by atoms with van der Waals surface area (Å²) in [5.41, 5.74) is 7.44. The number of rotatable bonds is 11. The van der Waals surface area contributed by atoms with Crippen molar-refractivity contribution in [1.82, 2.24) is 4.98 Å². The summed E-state index contributed by atoms with van der Waals surface area (Å²) in [6, 6.07) is 1.88. The van der Waals surface area contributed by atoms with E-state index in [0.717, 1.165) is 17.0 Å². The number of pyridine rings is 1. The van der Waals surface area contributed by atoms with Gasteiger partial charge in [0, 0.05) is 37.2 Å². The highest BCUT2D eigenvalue weighted by atomic mass is 16.6. The fourth-order valence-electron chi connectivity index (χ4n) is 1.53. The SMILES string of the molecule is COCCOCCOCCOc1cc(C)ncc1CN. The lowest BCUT2D eigenvalue weighted by molar-refractivity contribution is 0.0179. The first-order valence-electron chi connectivity index (χ1n) is 6.70. The van der Waals surface area contributed by atoms with Crippen LogP contribution in [-0.4, -0.2) is 51.7 Å². The number of aromatic nitrogens is 1. The molecule has 0 radical (unpaired) electrons. The second-order valence-electron chi connectivity index (χ2n) is 4.20. The van der Waals surface area contributed by atoms with Gasteiger partial charge in [-0.05, 0) is 6.92 Å². The molecule has 0 saturated carbocycles. The van der Waals surface area contributed by atoms with E-state index in [1.54, 1.807) is 13.3 Å². The quantitative estimate of drug-likeness (QED) is 0.609. The highest BCUT2D eigenvalue weighted by Gasteiger charge is 2.03. The van der Waals surface area contributed by atoms with Gasteiger partial charge in [-0.1, -0.05) is 0 Å². The van der Waals surface area contributed by atoms with Crippen LogP contribution in [0.25, 0.3) is 0 Å². The van der Waals surface area contributed by atoms with Crippen LogP contribution in [0.15, 0.2) is 12.3 Å². The zero-order valence-corrected chi connectivity index (χ0v) is 12.3. The molecular weight excluding hydrogens is 260 g/mol. The predicted octanol–water partition coefficient (Wildman–Crippen LogP) is 0.907. The van der Waals surface area contributed by atoms with Crippen molar-refractivity contribution < 1.29 is 18.9 Å². The molecular formula is C14H24N2O4. The van der Waals surface area contributed by atoms with E-state index in [1.165, 1.54) is 0 Å². The Labute approximate surface area is 120 Å². The molecule has 1 heterocycles. The Morgan fingerprint density at radius 3 is 2.35 bits per heavy atom. The van der Waals surface area contributed by atoms with Gasteiger partial charge in [-0.25, -0.2) is 0 Å². The van der Waals surface area contributed by atoms with Crippen molar-refractivity contribution in [1.29, 1.82) is 0 Å². The largest absolute Gasteiger partial charge is 0.491 e. The number of nitrogens with zero attached hydrogens (tertiary/aromatic N) is 1. The molecule has 114 valence electrons. The number of aryl methyl sites for hydroxylation is 1. The summed E-state index contributed by atoms with van der Waals surface area (Å²) in [7, 11) is 1.65. The van der Waals surface area contributed by atoms with Crippen molar-refractivity contribution in [2.45, 2.75) is 13.5 Å².